The van der Waals surface area contributed by atoms with Crippen LogP contribution in [0.25, 0.3) is 5.00 Å². The molecule has 1 fully saturated rings. The number of sulfonamides is 1. The normalized spacial score (nSPS) is 17.3. The Bertz CT molecular complexity index is 1190. The summed E-state index contributed by atoms with van der Waals surface area (Å²) in [7, 11) is -3.40. The zero-order valence-corrected chi connectivity index (χ0v) is 19.6. The highest BCUT2D eigenvalue weighted by Gasteiger charge is 2.33. The molecule has 0 unspecified atom stereocenters. The number of benzene rings is 1. The van der Waals surface area contributed by atoms with E-state index in [4.69, 9.17) is 0 Å². The molecule has 5 rings (SSSR count). The smallest absolute Gasteiger partial charge is 0.257 e. The van der Waals surface area contributed by atoms with E-state index in [9.17, 15) is 13.2 Å². The third-order valence-corrected chi connectivity index (χ3v) is 9.47. The van der Waals surface area contributed by atoms with E-state index in [0.29, 0.717) is 26.2 Å². The Morgan fingerprint density at radius 1 is 0.906 bits per heavy atom. The van der Waals surface area contributed by atoms with Gasteiger partial charge in [0.1, 0.15) is 5.00 Å². The molecule has 0 radical (unpaired) electrons. The molecule has 0 bridgehead atoms. The summed E-state index contributed by atoms with van der Waals surface area (Å²) < 4.78 is 29.3. The first-order valence-corrected chi connectivity index (χ1v) is 13.5. The first kappa shape index (κ1) is 21.4. The van der Waals surface area contributed by atoms with Crippen molar-refractivity contribution in [3.05, 3.63) is 76.4 Å². The maximum Gasteiger partial charge on any atom is 0.257 e. The van der Waals surface area contributed by atoms with Crippen molar-refractivity contribution in [2.45, 2.75) is 31.4 Å². The average Bonchev–Trinajstić information content (AvgIpc) is 3.47. The van der Waals surface area contributed by atoms with Gasteiger partial charge in [0.05, 0.1) is 11.3 Å². The van der Waals surface area contributed by atoms with Crippen LogP contribution in [-0.2, 0) is 28.6 Å². The van der Waals surface area contributed by atoms with Crippen LogP contribution in [0.3, 0.4) is 0 Å². The highest BCUT2D eigenvalue weighted by atomic mass is 32.2. The van der Waals surface area contributed by atoms with Gasteiger partial charge in [-0.1, -0.05) is 30.3 Å². The number of aromatic nitrogens is 1. The summed E-state index contributed by atoms with van der Waals surface area (Å²) in [6, 6.07) is 13.2. The Morgan fingerprint density at radius 2 is 1.59 bits per heavy atom. The summed E-state index contributed by atoms with van der Waals surface area (Å²) in [5.74, 6) is 0.0330. The van der Waals surface area contributed by atoms with Crippen molar-refractivity contribution in [1.29, 1.82) is 0 Å². The van der Waals surface area contributed by atoms with Crippen LogP contribution < -0.4 is 0 Å². The number of piperazine rings is 1. The third-order valence-electron chi connectivity index (χ3n) is 6.32. The molecule has 1 aliphatic carbocycles. The zero-order chi connectivity index (χ0) is 22.1. The number of rotatable bonds is 5. The predicted molar refractivity (Wildman–Crippen MR) is 127 cm³/mol. The van der Waals surface area contributed by atoms with E-state index in [1.54, 1.807) is 11.3 Å². The van der Waals surface area contributed by atoms with Crippen LogP contribution in [-0.4, -0.2) is 54.3 Å². The second kappa shape index (κ2) is 8.84. The molecule has 32 heavy (non-hydrogen) atoms. The van der Waals surface area contributed by atoms with Gasteiger partial charge in [0, 0.05) is 43.4 Å². The van der Waals surface area contributed by atoms with Crippen molar-refractivity contribution >= 4 is 27.3 Å². The number of thiophene rings is 1. The Labute approximate surface area is 193 Å². The third kappa shape index (κ3) is 4.14. The van der Waals surface area contributed by atoms with Crippen LogP contribution in [0.2, 0.25) is 0 Å². The maximum atomic E-state index is 13.6. The number of carbonyl (C=O) groups is 1. The fraction of sp³-hybridized carbons (Fsp3) is 0.375. The van der Waals surface area contributed by atoms with Gasteiger partial charge < -0.3 is 9.47 Å². The second-order valence-corrected chi connectivity index (χ2v) is 11.5. The minimum absolute atomic E-state index is 0.00238. The van der Waals surface area contributed by atoms with Gasteiger partial charge in [-0.05, 0) is 48.9 Å². The van der Waals surface area contributed by atoms with Crippen molar-refractivity contribution in [2.24, 2.45) is 0 Å². The Hall–Kier alpha value is -2.42. The van der Waals surface area contributed by atoms with Crippen LogP contribution in [0.5, 0.6) is 0 Å². The van der Waals surface area contributed by atoms with Gasteiger partial charge in [0.2, 0.25) is 10.0 Å². The lowest BCUT2D eigenvalue weighted by Gasteiger charge is -2.34. The van der Waals surface area contributed by atoms with Gasteiger partial charge in [0.15, 0.2) is 0 Å². The molecule has 1 aromatic carbocycles. The van der Waals surface area contributed by atoms with Crippen LogP contribution in [0.15, 0.2) is 54.9 Å². The van der Waals surface area contributed by atoms with Crippen molar-refractivity contribution < 1.29 is 13.2 Å². The SMILES string of the molecule is O=C(c1c(-n2cccc2)sc2c1CCCC2)N1CCN(S(=O)(=O)Cc2ccccc2)CC1. The predicted octanol–water partition coefficient (Wildman–Crippen LogP) is 3.71. The first-order chi connectivity index (χ1) is 15.5. The van der Waals surface area contributed by atoms with Crippen molar-refractivity contribution in [3.8, 4) is 5.00 Å². The van der Waals surface area contributed by atoms with Crippen LogP contribution in [0, 0.1) is 0 Å². The lowest BCUT2D eigenvalue weighted by molar-refractivity contribution is 0.0697. The number of hydrogen-bond donors (Lipinski definition) is 0. The van der Waals surface area contributed by atoms with Gasteiger partial charge in [-0.3, -0.25) is 4.79 Å². The van der Waals surface area contributed by atoms with Crippen molar-refractivity contribution in [2.75, 3.05) is 26.2 Å². The molecule has 0 spiro atoms. The molecule has 3 aromatic rings. The molecular formula is C24H27N3O3S2. The van der Waals surface area contributed by atoms with Crippen LogP contribution in [0.1, 0.15) is 39.2 Å². The van der Waals surface area contributed by atoms with E-state index in [2.05, 4.69) is 0 Å². The summed E-state index contributed by atoms with van der Waals surface area (Å²) in [4.78, 5) is 16.8. The molecule has 6 nitrogen and oxygen atoms in total. The van der Waals surface area contributed by atoms with E-state index in [1.807, 2.05) is 64.3 Å². The fourth-order valence-electron chi connectivity index (χ4n) is 4.63. The molecule has 1 aliphatic heterocycles. The Morgan fingerprint density at radius 3 is 2.31 bits per heavy atom. The summed E-state index contributed by atoms with van der Waals surface area (Å²) in [6.07, 6.45) is 8.24. The van der Waals surface area contributed by atoms with E-state index >= 15 is 0 Å². The standard InChI is InChI=1S/C24H27N3O3S2/c28-23(22-20-10-4-5-11-21(20)31-24(22)26-12-6-7-13-26)25-14-16-27(17-15-25)32(29,30)18-19-8-2-1-3-9-19/h1-3,6-9,12-13H,4-5,10-11,14-18H2. The van der Waals surface area contributed by atoms with Gasteiger partial charge in [-0.15, -0.1) is 11.3 Å². The quantitative estimate of drug-likeness (QED) is 0.572. The minimum atomic E-state index is -3.40. The highest BCUT2D eigenvalue weighted by Crippen LogP contribution is 2.37. The van der Waals surface area contributed by atoms with Gasteiger partial charge in [0.25, 0.3) is 5.91 Å². The first-order valence-electron chi connectivity index (χ1n) is 11.1. The van der Waals surface area contributed by atoms with Crippen LogP contribution in [0.4, 0.5) is 0 Å². The lowest BCUT2D eigenvalue weighted by atomic mass is 9.95. The lowest BCUT2D eigenvalue weighted by Crippen LogP contribution is -2.51. The molecular weight excluding hydrogens is 442 g/mol. The van der Waals surface area contributed by atoms with E-state index in [0.717, 1.165) is 35.4 Å². The molecule has 2 aliphatic rings. The molecule has 2 aromatic heterocycles. The summed E-state index contributed by atoms with van der Waals surface area (Å²) in [6.45, 7) is 1.52. The summed E-state index contributed by atoms with van der Waals surface area (Å²) >= 11 is 1.73. The number of aryl methyl sites for hydroxylation is 1. The largest absolute Gasteiger partial charge is 0.336 e. The number of nitrogens with zero attached hydrogens (tertiary/aromatic N) is 3. The maximum absolute atomic E-state index is 13.6. The van der Waals surface area contributed by atoms with E-state index < -0.39 is 10.0 Å². The topological polar surface area (TPSA) is 62.6 Å². The van der Waals surface area contributed by atoms with E-state index in [-0.39, 0.29) is 11.7 Å². The van der Waals surface area contributed by atoms with Crippen molar-refractivity contribution in [3.63, 3.8) is 0 Å². The van der Waals surface area contributed by atoms with Crippen molar-refractivity contribution in [1.82, 2.24) is 13.8 Å². The number of amides is 1. The molecule has 0 N–H and O–H groups in total. The van der Waals surface area contributed by atoms with E-state index in [1.165, 1.54) is 21.2 Å². The monoisotopic (exact) mass is 469 g/mol. The number of carbonyl (C=O) groups excluding carboxylic acids is 1. The summed E-state index contributed by atoms with van der Waals surface area (Å²) in [5.41, 5.74) is 2.81. The number of hydrogen-bond acceptors (Lipinski definition) is 4. The number of fused-ring (bicyclic) bond motifs is 1. The molecule has 1 saturated heterocycles. The van der Waals surface area contributed by atoms with Gasteiger partial charge in [-0.25, -0.2) is 8.42 Å². The Kier molecular flexibility index (Phi) is 5.92. The molecule has 3 heterocycles. The summed E-state index contributed by atoms with van der Waals surface area (Å²) in [5, 5.41) is 0.992. The van der Waals surface area contributed by atoms with Crippen LogP contribution >= 0.6 is 11.3 Å². The fourth-order valence-corrected chi connectivity index (χ4v) is 7.49. The molecule has 168 valence electrons. The minimum Gasteiger partial charge on any atom is -0.336 e. The van der Waals surface area contributed by atoms with Gasteiger partial charge >= 0.3 is 0 Å². The Balaban J connectivity index is 1.34. The van der Waals surface area contributed by atoms with Gasteiger partial charge in [-0.2, -0.15) is 4.31 Å². The molecule has 0 atom stereocenters. The molecule has 8 heteroatoms. The average molecular weight is 470 g/mol. The molecule has 1 amide bonds. The highest BCUT2D eigenvalue weighted by molar-refractivity contribution is 7.88. The second-order valence-electron chi connectivity index (χ2n) is 8.41. The zero-order valence-electron chi connectivity index (χ0n) is 17.9. The molecule has 0 saturated carbocycles.